The molecule has 1 aliphatic rings. The number of carbonyl (C=O) groups is 1. The molecule has 0 atom stereocenters. The first-order valence-corrected chi connectivity index (χ1v) is 9.34. The lowest BCUT2D eigenvalue weighted by Gasteiger charge is -2.34. The van der Waals surface area contributed by atoms with Crippen LogP contribution in [0, 0.1) is 23.0 Å². The molecule has 2 aromatic rings. The predicted molar refractivity (Wildman–Crippen MR) is 106 cm³/mol. The molecular weight excluding hydrogens is 366 g/mol. The van der Waals surface area contributed by atoms with E-state index < -0.39 is 4.92 Å². The minimum absolute atomic E-state index is 0.00331. The van der Waals surface area contributed by atoms with Crippen molar-refractivity contribution in [1.82, 2.24) is 5.32 Å². The zero-order valence-corrected chi connectivity index (χ0v) is 15.9. The number of hydrogen-bond acceptors (Lipinski definition) is 4. The van der Waals surface area contributed by atoms with Crippen LogP contribution in [0.4, 0.5) is 11.4 Å². The highest BCUT2D eigenvalue weighted by atomic mass is 35.5. The quantitative estimate of drug-likeness (QED) is 0.619. The first kappa shape index (κ1) is 19.2. The number of benzene rings is 2. The van der Waals surface area contributed by atoms with E-state index in [4.69, 9.17) is 11.6 Å². The van der Waals surface area contributed by atoms with Crippen LogP contribution in [0.3, 0.4) is 0 Å². The number of nitrogens with one attached hydrogen (secondary N) is 1. The summed E-state index contributed by atoms with van der Waals surface area (Å²) in [6.07, 6.45) is 1.46. The summed E-state index contributed by atoms with van der Waals surface area (Å²) in [4.78, 5) is 25.1. The zero-order valence-electron chi connectivity index (χ0n) is 15.2. The number of anilines is 1. The standard InChI is InChI=1S/C20H22ClN3O3/c1-14-11-17(24(26)27)12-18(21)19(14)23-9-7-16(8-10-23)20(25)22-13-15-5-3-2-4-6-15/h2-6,11-12,16H,7-10,13H2,1H3,(H,22,25). The van der Waals surface area contributed by atoms with Crippen molar-refractivity contribution in [2.75, 3.05) is 18.0 Å². The molecule has 2 aromatic carbocycles. The number of hydrogen-bond donors (Lipinski definition) is 1. The first-order chi connectivity index (χ1) is 13.0. The molecule has 6 nitrogen and oxygen atoms in total. The lowest BCUT2D eigenvalue weighted by molar-refractivity contribution is -0.384. The maximum atomic E-state index is 12.4. The van der Waals surface area contributed by atoms with Crippen molar-refractivity contribution in [3.05, 3.63) is 68.7 Å². The molecule has 142 valence electrons. The fraction of sp³-hybridized carbons (Fsp3) is 0.350. The smallest absolute Gasteiger partial charge is 0.271 e. The Labute approximate surface area is 163 Å². The van der Waals surface area contributed by atoms with E-state index >= 15 is 0 Å². The molecule has 0 saturated carbocycles. The van der Waals surface area contributed by atoms with Crippen LogP contribution in [0.25, 0.3) is 0 Å². The second-order valence-electron chi connectivity index (χ2n) is 6.81. The number of piperidine rings is 1. The third-order valence-corrected chi connectivity index (χ3v) is 5.23. The summed E-state index contributed by atoms with van der Waals surface area (Å²) in [6, 6.07) is 12.8. The summed E-state index contributed by atoms with van der Waals surface area (Å²) in [7, 11) is 0. The number of nitro benzene ring substituents is 1. The van der Waals surface area contributed by atoms with E-state index in [0.717, 1.165) is 29.7 Å². The van der Waals surface area contributed by atoms with Gasteiger partial charge in [-0.1, -0.05) is 41.9 Å². The number of aryl methyl sites for hydroxylation is 1. The molecule has 0 unspecified atom stereocenters. The van der Waals surface area contributed by atoms with Crippen molar-refractivity contribution in [2.24, 2.45) is 5.92 Å². The van der Waals surface area contributed by atoms with E-state index in [9.17, 15) is 14.9 Å². The molecule has 7 heteroatoms. The lowest BCUT2D eigenvalue weighted by atomic mass is 9.95. The van der Waals surface area contributed by atoms with Crippen LogP contribution in [-0.4, -0.2) is 23.9 Å². The zero-order chi connectivity index (χ0) is 19.4. The van der Waals surface area contributed by atoms with Gasteiger partial charge >= 0.3 is 0 Å². The fourth-order valence-electron chi connectivity index (χ4n) is 3.52. The van der Waals surface area contributed by atoms with Gasteiger partial charge in [0.25, 0.3) is 5.69 Å². The number of nitro groups is 1. The topological polar surface area (TPSA) is 75.5 Å². The van der Waals surface area contributed by atoms with E-state index in [1.165, 1.54) is 6.07 Å². The Morgan fingerprint density at radius 3 is 2.52 bits per heavy atom. The SMILES string of the molecule is Cc1cc([N+](=O)[O-])cc(Cl)c1N1CCC(C(=O)NCc2ccccc2)CC1. The van der Waals surface area contributed by atoms with Gasteiger partial charge in [0.15, 0.2) is 0 Å². The molecule has 0 aromatic heterocycles. The van der Waals surface area contributed by atoms with E-state index in [0.29, 0.717) is 24.7 Å². The van der Waals surface area contributed by atoms with Gasteiger partial charge < -0.3 is 10.2 Å². The minimum atomic E-state index is -0.439. The summed E-state index contributed by atoms with van der Waals surface area (Å²) in [5.41, 5.74) is 2.68. The summed E-state index contributed by atoms with van der Waals surface area (Å²) < 4.78 is 0. The van der Waals surface area contributed by atoms with E-state index in [2.05, 4.69) is 10.2 Å². The molecule has 1 heterocycles. The van der Waals surface area contributed by atoms with Gasteiger partial charge in [0.1, 0.15) is 0 Å². The van der Waals surface area contributed by atoms with Crippen LogP contribution >= 0.6 is 11.6 Å². The number of rotatable bonds is 5. The number of halogens is 1. The van der Waals surface area contributed by atoms with Crippen LogP contribution in [0.5, 0.6) is 0 Å². The number of amides is 1. The Balaban J connectivity index is 1.59. The van der Waals surface area contributed by atoms with Crippen LogP contribution < -0.4 is 10.2 Å². The first-order valence-electron chi connectivity index (χ1n) is 8.97. The maximum absolute atomic E-state index is 12.4. The molecular formula is C20H22ClN3O3. The van der Waals surface area contributed by atoms with Crippen LogP contribution in [0.2, 0.25) is 5.02 Å². The number of carbonyl (C=O) groups excluding carboxylic acids is 1. The monoisotopic (exact) mass is 387 g/mol. The van der Waals surface area contributed by atoms with Crippen LogP contribution in [-0.2, 0) is 11.3 Å². The average Bonchev–Trinajstić information content (AvgIpc) is 2.67. The van der Waals surface area contributed by atoms with Crippen molar-refractivity contribution in [3.63, 3.8) is 0 Å². The van der Waals surface area contributed by atoms with Gasteiger partial charge in [-0.25, -0.2) is 0 Å². The van der Waals surface area contributed by atoms with Crippen LogP contribution in [0.1, 0.15) is 24.0 Å². The fourth-order valence-corrected chi connectivity index (χ4v) is 3.90. The Hall–Kier alpha value is -2.60. The van der Waals surface area contributed by atoms with Gasteiger partial charge in [-0.2, -0.15) is 0 Å². The summed E-state index contributed by atoms with van der Waals surface area (Å²) >= 11 is 6.30. The Morgan fingerprint density at radius 1 is 1.26 bits per heavy atom. The molecule has 1 aliphatic heterocycles. The van der Waals surface area contributed by atoms with Gasteiger partial charge in [0, 0.05) is 37.7 Å². The van der Waals surface area contributed by atoms with E-state index in [1.807, 2.05) is 37.3 Å². The highest BCUT2D eigenvalue weighted by Gasteiger charge is 2.27. The van der Waals surface area contributed by atoms with Crippen LogP contribution in [0.15, 0.2) is 42.5 Å². The molecule has 0 radical (unpaired) electrons. The number of nitrogens with zero attached hydrogens (tertiary/aromatic N) is 2. The highest BCUT2D eigenvalue weighted by molar-refractivity contribution is 6.33. The van der Waals surface area contributed by atoms with Gasteiger partial charge in [-0.05, 0) is 30.9 Å². The normalized spacial score (nSPS) is 14.8. The molecule has 1 amide bonds. The van der Waals surface area contributed by atoms with Gasteiger partial charge in [-0.3, -0.25) is 14.9 Å². The summed E-state index contributed by atoms with van der Waals surface area (Å²) in [6.45, 7) is 3.75. The van der Waals surface area contributed by atoms with Crippen molar-refractivity contribution in [2.45, 2.75) is 26.3 Å². The van der Waals surface area contributed by atoms with Gasteiger partial charge in [0.05, 0.1) is 15.6 Å². The Morgan fingerprint density at radius 2 is 1.93 bits per heavy atom. The van der Waals surface area contributed by atoms with Gasteiger partial charge in [0.2, 0.25) is 5.91 Å². The maximum Gasteiger partial charge on any atom is 0.271 e. The molecule has 27 heavy (non-hydrogen) atoms. The van der Waals surface area contributed by atoms with Crippen molar-refractivity contribution in [3.8, 4) is 0 Å². The third-order valence-electron chi connectivity index (χ3n) is 4.94. The molecule has 3 rings (SSSR count). The van der Waals surface area contributed by atoms with Crippen molar-refractivity contribution in [1.29, 1.82) is 0 Å². The second kappa shape index (κ2) is 8.39. The van der Waals surface area contributed by atoms with Crippen molar-refractivity contribution < 1.29 is 9.72 Å². The molecule has 0 bridgehead atoms. The molecule has 1 N–H and O–H groups in total. The molecule has 0 spiro atoms. The molecule has 1 saturated heterocycles. The van der Waals surface area contributed by atoms with Gasteiger partial charge in [-0.15, -0.1) is 0 Å². The third kappa shape index (κ3) is 4.57. The lowest BCUT2D eigenvalue weighted by Crippen LogP contribution is -2.40. The second-order valence-corrected chi connectivity index (χ2v) is 7.22. The highest BCUT2D eigenvalue weighted by Crippen LogP contribution is 2.35. The predicted octanol–water partition coefficient (Wildman–Crippen LogP) is 4.09. The largest absolute Gasteiger partial charge is 0.370 e. The van der Waals surface area contributed by atoms with E-state index in [-0.39, 0.29) is 17.5 Å². The Kier molecular flexibility index (Phi) is 5.96. The minimum Gasteiger partial charge on any atom is -0.370 e. The van der Waals surface area contributed by atoms with Crippen molar-refractivity contribution >= 4 is 28.9 Å². The molecule has 1 fully saturated rings. The Bertz CT molecular complexity index is 811. The summed E-state index contributed by atoms with van der Waals surface area (Å²) in [5, 5.41) is 14.4. The number of non-ortho nitro benzene ring substituents is 1. The molecule has 0 aliphatic carbocycles. The average molecular weight is 388 g/mol. The van der Waals surface area contributed by atoms with E-state index in [1.54, 1.807) is 6.07 Å². The summed E-state index contributed by atoms with van der Waals surface area (Å²) in [5.74, 6) is 0.0483.